The summed E-state index contributed by atoms with van der Waals surface area (Å²) in [6, 6.07) is 5.94. The normalized spacial score (nSPS) is 11.9. The van der Waals surface area contributed by atoms with E-state index < -0.39 is 16.9 Å². The number of hydrogen-bond donors (Lipinski definition) is 0. The zero-order valence-corrected chi connectivity index (χ0v) is 41.9. The Morgan fingerprint density at radius 2 is 0.517 bits per heavy atom. The molecule has 0 aromatic carbocycles. The first-order chi connectivity index (χ1) is 28.3. The van der Waals surface area contributed by atoms with E-state index in [9.17, 15) is 14.4 Å². The van der Waals surface area contributed by atoms with Crippen molar-refractivity contribution in [3.8, 4) is 0 Å². The molecule has 0 N–H and O–H groups in total. The Hall–Kier alpha value is -1.16. The van der Waals surface area contributed by atoms with Crippen molar-refractivity contribution in [3.05, 3.63) is 0 Å². The van der Waals surface area contributed by atoms with E-state index in [1.807, 2.05) is 0 Å². The first kappa shape index (κ1) is 56.8. The van der Waals surface area contributed by atoms with E-state index in [2.05, 4.69) is 41.5 Å². The van der Waals surface area contributed by atoms with Gasteiger partial charge >= 0.3 is 8.80 Å². The Balaban J connectivity index is 5.50. The Kier molecular flexibility index (Phi) is 40.4. The summed E-state index contributed by atoms with van der Waals surface area (Å²) in [7, 11) is -5.00. The predicted molar refractivity (Wildman–Crippen MR) is 254 cm³/mol. The lowest BCUT2D eigenvalue weighted by Gasteiger charge is -2.28. The van der Waals surface area contributed by atoms with Gasteiger partial charge in [0.1, 0.15) is 0 Å². The Labute approximate surface area is 364 Å². The Morgan fingerprint density at radius 3 is 0.776 bits per heavy atom. The van der Waals surface area contributed by atoms with E-state index in [0.29, 0.717) is 6.04 Å². The summed E-state index contributed by atoms with van der Waals surface area (Å²) < 4.78 is 18.5. The average Bonchev–Trinajstić information content (AvgIpc) is 3.21. The molecular formula is C50H100O6Si2. The molecule has 0 unspecified atom stereocenters. The number of carbonyl (C=O) groups excluding carboxylic acids is 3. The van der Waals surface area contributed by atoms with Gasteiger partial charge in [-0.2, -0.15) is 0 Å². The molecule has 0 heterocycles. The van der Waals surface area contributed by atoms with Gasteiger partial charge in [-0.25, -0.2) is 0 Å². The standard InChI is InChI=1S/C50H100O6Si2/c1-7-13-16-19-22-25-28-33-38-43-48(51)54-58(55-49(52)44-39-34-29-26-23-20-17-14-8-2,56-50(53)45-40-35-30-27-24-21-18-15-9-3)47-42-37-32-31-36-41-46-57(10-4,11-5)12-6/h7-47H2,1-6H3. The fourth-order valence-electron chi connectivity index (χ4n) is 8.46. The van der Waals surface area contributed by atoms with E-state index in [4.69, 9.17) is 13.3 Å². The molecule has 0 saturated heterocycles. The fraction of sp³-hybridized carbons (Fsp3) is 0.940. The highest BCUT2D eigenvalue weighted by atomic mass is 28.4. The second-order valence-corrected chi connectivity index (χ2v) is 26.1. The maximum absolute atomic E-state index is 13.5. The third-order valence-electron chi connectivity index (χ3n) is 13.0. The molecule has 0 radical (unpaired) electrons. The molecule has 0 bridgehead atoms. The third-order valence-corrected chi connectivity index (χ3v) is 21.4. The van der Waals surface area contributed by atoms with Gasteiger partial charge in [0.25, 0.3) is 17.9 Å². The van der Waals surface area contributed by atoms with Gasteiger partial charge in [-0.05, 0) is 25.7 Å². The summed E-state index contributed by atoms with van der Waals surface area (Å²) in [6.07, 6.45) is 38.7. The van der Waals surface area contributed by atoms with E-state index >= 15 is 0 Å². The second kappa shape index (κ2) is 41.2. The quantitative estimate of drug-likeness (QED) is 0.0448. The van der Waals surface area contributed by atoms with Crippen LogP contribution in [0.4, 0.5) is 0 Å². The highest BCUT2D eigenvalue weighted by Gasteiger charge is 2.52. The molecule has 344 valence electrons. The van der Waals surface area contributed by atoms with Crippen molar-refractivity contribution in [2.24, 2.45) is 0 Å². The molecule has 0 amide bonds. The highest BCUT2D eigenvalue weighted by Crippen LogP contribution is 2.29. The number of carbonyl (C=O) groups is 3. The molecule has 0 aliphatic heterocycles. The molecule has 0 rings (SSSR count). The molecular weight excluding hydrogens is 753 g/mol. The van der Waals surface area contributed by atoms with Crippen molar-refractivity contribution in [3.63, 3.8) is 0 Å². The molecule has 6 nitrogen and oxygen atoms in total. The van der Waals surface area contributed by atoms with Crippen LogP contribution < -0.4 is 0 Å². The summed E-state index contributed by atoms with van der Waals surface area (Å²) in [6.45, 7) is 13.9. The van der Waals surface area contributed by atoms with Gasteiger partial charge in [0.05, 0.1) is 14.1 Å². The van der Waals surface area contributed by atoms with Gasteiger partial charge in [-0.1, -0.05) is 252 Å². The Morgan fingerprint density at radius 1 is 0.293 bits per heavy atom. The van der Waals surface area contributed by atoms with Crippen molar-refractivity contribution in [2.45, 2.75) is 303 Å². The van der Waals surface area contributed by atoms with E-state index in [1.54, 1.807) is 0 Å². The van der Waals surface area contributed by atoms with Gasteiger partial charge in [-0.15, -0.1) is 0 Å². The maximum atomic E-state index is 13.5. The summed E-state index contributed by atoms with van der Waals surface area (Å²) in [5.41, 5.74) is 0. The van der Waals surface area contributed by atoms with Crippen LogP contribution in [-0.2, 0) is 27.7 Å². The molecule has 8 heteroatoms. The predicted octanol–water partition coefficient (Wildman–Crippen LogP) is 17.2. The van der Waals surface area contributed by atoms with Crippen molar-refractivity contribution in [2.75, 3.05) is 0 Å². The van der Waals surface area contributed by atoms with Crippen LogP contribution in [0.15, 0.2) is 0 Å². The van der Waals surface area contributed by atoms with E-state index in [0.717, 1.165) is 77.0 Å². The molecule has 0 atom stereocenters. The lowest BCUT2D eigenvalue weighted by Crippen LogP contribution is -2.50. The monoisotopic (exact) mass is 853 g/mol. The zero-order chi connectivity index (χ0) is 42.8. The SMILES string of the molecule is CCCCCCCCCCCC(=O)O[Si](CCCCCCCC[Si](CC)(CC)CC)(OC(=O)CCCCCCCCCCC)OC(=O)CCCCCCCCCCC. The van der Waals surface area contributed by atoms with Gasteiger partial charge in [0, 0.05) is 19.3 Å². The van der Waals surface area contributed by atoms with Crippen LogP contribution in [-0.4, -0.2) is 34.8 Å². The van der Waals surface area contributed by atoms with Crippen LogP contribution in [0, 0.1) is 0 Å². The van der Waals surface area contributed by atoms with Crippen molar-refractivity contribution >= 4 is 34.8 Å². The highest BCUT2D eigenvalue weighted by molar-refractivity contribution is 6.79. The lowest BCUT2D eigenvalue weighted by atomic mass is 10.1. The van der Waals surface area contributed by atoms with Crippen LogP contribution in [0.5, 0.6) is 0 Å². The average molecular weight is 854 g/mol. The van der Waals surface area contributed by atoms with Crippen LogP contribution in [0.25, 0.3) is 0 Å². The van der Waals surface area contributed by atoms with Crippen molar-refractivity contribution in [1.29, 1.82) is 0 Å². The molecule has 0 saturated carbocycles. The molecule has 0 aliphatic rings. The van der Waals surface area contributed by atoms with Crippen molar-refractivity contribution < 1.29 is 27.7 Å². The minimum Gasteiger partial charge on any atom is -0.455 e. The molecule has 58 heavy (non-hydrogen) atoms. The smallest absolute Gasteiger partial charge is 0.455 e. The lowest BCUT2D eigenvalue weighted by molar-refractivity contribution is -0.151. The largest absolute Gasteiger partial charge is 0.705 e. The van der Waals surface area contributed by atoms with E-state index in [-0.39, 0.29) is 37.2 Å². The molecule has 0 aromatic rings. The number of unbranched alkanes of at least 4 members (excludes halogenated alkanes) is 29. The van der Waals surface area contributed by atoms with Gasteiger partial charge in [-0.3, -0.25) is 14.4 Å². The van der Waals surface area contributed by atoms with Crippen LogP contribution in [0.1, 0.15) is 273 Å². The Bertz CT molecular complexity index is 842. The molecule has 0 fully saturated rings. The van der Waals surface area contributed by atoms with Gasteiger partial charge in [0.15, 0.2) is 0 Å². The first-order valence-corrected chi connectivity index (χ1v) is 30.7. The minimum atomic E-state index is -3.93. The van der Waals surface area contributed by atoms with Crippen LogP contribution >= 0.6 is 0 Å². The fourth-order valence-corrected chi connectivity index (χ4v) is 14.5. The summed E-state index contributed by atoms with van der Waals surface area (Å²) >= 11 is 0. The van der Waals surface area contributed by atoms with E-state index in [1.165, 1.54) is 159 Å². The maximum Gasteiger partial charge on any atom is 0.705 e. The van der Waals surface area contributed by atoms with Crippen LogP contribution in [0.2, 0.25) is 30.2 Å². The van der Waals surface area contributed by atoms with Crippen molar-refractivity contribution in [1.82, 2.24) is 0 Å². The molecule has 0 aliphatic carbocycles. The second-order valence-electron chi connectivity index (χ2n) is 18.0. The summed E-state index contributed by atoms with van der Waals surface area (Å²) in [4.78, 5) is 40.4. The van der Waals surface area contributed by atoms with Crippen LogP contribution in [0.3, 0.4) is 0 Å². The topological polar surface area (TPSA) is 78.9 Å². The first-order valence-electron chi connectivity index (χ1n) is 25.9. The van der Waals surface area contributed by atoms with Gasteiger partial charge in [0.2, 0.25) is 0 Å². The minimum absolute atomic E-state index is 0.272. The zero-order valence-electron chi connectivity index (χ0n) is 39.9. The summed E-state index contributed by atoms with van der Waals surface area (Å²) in [5, 5.41) is 0. The number of rotatable bonds is 45. The summed E-state index contributed by atoms with van der Waals surface area (Å²) in [5.74, 6) is -1.13. The molecule has 0 spiro atoms. The number of hydrogen-bond acceptors (Lipinski definition) is 6. The third kappa shape index (κ3) is 33.5. The van der Waals surface area contributed by atoms with Gasteiger partial charge < -0.3 is 13.3 Å². The molecule has 0 aromatic heterocycles.